The summed E-state index contributed by atoms with van der Waals surface area (Å²) in [7, 11) is 1.66. The molecule has 0 aliphatic rings. The Balaban J connectivity index is 1.31. The first kappa shape index (κ1) is 20.7. The predicted octanol–water partition coefficient (Wildman–Crippen LogP) is 5.60. The molecule has 7 heteroatoms. The van der Waals surface area contributed by atoms with Gasteiger partial charge >= 0.3 is 0 Å². The summed E-state index contributed by atoms with van der Waals surface area (Å²) in [5.41, 5.74) is 3.48. The number of fused-ring (bicyclic) bond motifs is 2. The van der Waals surface area contributed by atoms with Crippen molar-refractivity contribution in [3.8, 4) is 23.2 Å². The van der Waals surface area contributed by atoms with Crippen molar-refractivity contribution in [1.82, 2.24) is 29.5 Å². The average molecular weight is 457 g/mol. The van der Waals surface area contributed by atoms with Gasteiger partial charge in [-0.2, -0.15) is 0 Å². The minimum absolute atomic E-state index is 0.536. The molecule has 0 radical (unpaired) electrons. The van der Waals surface area contributed by atoms with Crippen LogP contribution in [0.15, 0.2) is 91.6 Å². The van der Waals surface area contributed by atoms with Crippen LogP contribution < -0.4 is 4.74 Å². The molecule has 0 aliphatic carbocycles. The van der Waals surface area contributed by atoms with E-state index in [-0.39, 0.29) is 0 Å². The van der Waals surface area contributed by atoms with E-state index in [0.29, 0.717) is 17.5 Å². The average Bonchev–Trinajstić information content (AvgIpc) is 3.36. The molecule has 0 aliphatic heterocycles. The summed E-state index contributed by atoms with van der Waals surface area (Å²) in [6.45, 7) is 0. The number of hydrogen-bond acceptors (Lipinski definition) is 6. The minimum atomic E-state index is 0.536. The molecule has 7 nitrogen and oxygen atoms in total. The summed E-state index contributed by atoms with van der Waals surface area (Å²) >= 11 is 0. The molecule has 4 aromatic heterocycles. The highest BCUT2D eigenvalue weighted by Crippen LogP contribution is 2.24. The summed E-state index contributed by atoms with van der Waals surface area (Å²) in [6, 6.07) is 19.7. The molecule has 0 saturated heterocycles. The van der Waals surface area contributed by atoms with Gasteiger partial charge in [0.2, 0.25) is 5.95 Å². The van der Waals surface area contributed by atoms with Crippen molar-refractivity contribution in [1.29, 1.82) is 0 Å². The highest BCUT2D eigenvalue weighted by Gasteiger charge is 2.09. The molecule has 0 spiro atoms. The molecule has 0 N–H and O–H groups in total. The lowest BCUT2D eigenvalue weighted by Gasteiger charge is -2.04. The van der Waals surface area contributed by atoms with E-state index in [2.05, 4.69) is 21.0 Å². The van der Waals surface area contributed by atoms with E-state index in [1.807, 2.05) is 89.9 Å². The third kappa shape index (κ3) is 4.11. The maximum atomic E-state index is 5.33. The number of pyridine rings is 1. The van der Waals surface area contributed by atoms with E-state index in [1.165, 1.54) is 0 Å². The van der Waals surface area contributed by atoms with Gasteiger partial charge in [0, 0.05) is 47.1 Å². The SMILES string of the molecule is COc1ccc2cn(-c3nccc(-c4nccc(/C=C/c5ccnc6ccccc56)n4)n3)cc2c1. The number of methoxy groups -OCH3 is 1. The van der Waals surface area contributed by atoms with Crippen LogP contribution in [0, 0.1) is 0 Å². The number of rotatable bonds is 5. The Labute approximate surface area is 201 Å². The number of nitrogens with zero attached hydrogens (tertiary/aromatic N) is 6. The van der Waals surface area contributed by atoms with E-state index < -0.39 is 0 Å². The molecule has 6 rings (SSSR count). The molecular weight excluding hydrogens is 436 g/mol. The Morgan fingerprint density at radius 1 is 0.771 bits per heavy atom. The first-order valence-electron chi connectivity index (χ1n) is 11.1. The lowest BCUT2D eigenvalue weighted by atomic mass is 10.1. The van der Waals surface area contributed by atoms with E-state index in [0.717, 1.165) is 38.7 Å². The Kier molecular flexibility index (Phi) is 5.20. The Morgan fingerprint density at radius 2 is 1.63 bits per heavy atom. The number of aromatic nitrogens is 6. The van der Waals surface area contributed by atoms with Crippen LogP contribution in [0.25, 0.3) is 51.3 Å². The molecule has 168 valence electrons. The van der Waals surface area contributed by atoms with Crippen LogP contribution in [-0.4, -0.2) is 36.6 Å². The van der Waals surface area contributed by atoms with Crippen LogP contribution in [0.2, 0.25) is 0 Å². The van der Waals surface area contributed by atoms with Gasteiger partial charge in [0.15, 0.2) is 5.82 Å². The zero-order valence-electron chi connectivity index (χ0n) is 18.9. The molecule has 0 unspecified atom stereocenters. The minimum Gasteiger partial charge on any atom is -0.497 e. The number of hydrogen-bond donors (Lipinski definition) is 0. The smallest absolute Gasteiger partial charge is 0.234 e. The molecule has 0 saturated carbocycles. The van der Waals surface area contributed by atoms with Gasteiger partial charge in [-0.25, -0.2) is 19.9 Å². The topological polar surface area (TPSA) is 78.6 Å². The standard InChI is InChI=1S/C28H20N6O/c1-35-23-9-7-20-17-34(18-21(20)16-23)28-31-15-12-26(33-28)27-30-14-11-22(32-27)8-6-19-10-13-29-25-5-3-2-4-24(19)25/h2-18H,1H3/b8-6+. The van der Waals surface area contributed by atoms with Crippen molar-refractivity contribution in [3.05, 3.63) is 103 Å². The van der Waals surface area contributed by atoms with Crippen LogP contribution in [-0.2, 0) is 0 Å². The number of ether oxygens (including phenoxy) is 1. The fourth-order valence-corrected chi connectivity index (χ4v) is 3.99. The first-order chi connectivity index (χ1) is 17.3. The molecule has 0 fully saturated rings. The quantitative estimate of drug-likeness (QED) is 0.336. The number of benzene rings is 2. The van der Waals surface area contributed by atoms with Crippen LogP contribution >= 0.6 is 0 Å². The molecule has 0 atom stereocenters. The van der Waals surface area contributed by atoms with Gasteiger partial charge in [-0.15, -0.1) is 0 Å². The van der Waals surface area contributed by atoms with Crippen LogP contribution in [0.5, 0.6) is 5.75 Å². The fourth-order valence-electron chi connectivity index (χ4n) is 3.99. The summed E-state index contributed by atoms with van der Waals surface area (Å²) in [5.74, 6) is 1.89. The third-order valence-electron chi connectivity index (χ3n) is 5.75. The molecule has 0 bridgehead atoms. The number of para-hydroxylation sites is 1. The summed E-state index contributed by atoms with van der Waals surface area (Å²) in [4.78, 5) is 22.7. The van der Waals surface area contributed by atoms with Gasteiger partial charge in [-0.3, -0.25) is 9.55 Å². The van der Waals surface area contributed by atoms with Crippen LogP contribution in [0.3, 0.4) is 0 Å². The Morgan fingerprint density at radius 3 is 2.57 bits per heavy atom. The van der Waals surface area contributed by atoms with Crippen molar-refractivity contribution in [2.24, 2.45) is 0 Å². The van der Waals surface area contributed by atoms with Gasteiger partial charge < -0.3 is 4.74 Å². The van der Waals surface area contributed by atoms with Crippen molar-refractivity contribution < 1.29 is 4.74 Å². The molecule has 2 aromatic carbocycles. The van der Waals surface area contributed by atoms with Crippen molar-refractivity contribution in [3.63, 3.8) is 0 Å². The Bertz CT molecular complexity index is 1700. The zero-order valence-corrected chi connectivity index (χ0v) is 18.9. The van der Waals surface area contributed by atoms with Gasteiger partial charge in [-0.1, -0.05) is 24.3 Å². The lowest BCUT2D eigenvalue weighted by molar-refractivity contribution is 0.415. The van der Waals surface area contributed by atoms with Gasteiger partial charge in [0.05, 0.1) is 18.3 Å². The summed E-state index contributed by atoms with van der Waals surface area (Å²) < 4.78 is 7.22. The molecule has 0 amide bonds. The maximum Gasteiger partial charge on any atom is 0.234 e. The molecule has 35 heavy (non-hydrogen) atoms. The maximum absolute atomic E-state index is 5.33. The normalized spacial score (nSPS) is 11.5. The fraction of sp³-hybridized carbons (Fsp3) is 0.0357. The van der Waals surface area contributed by atoms with Gasteiger partial charge in [0.1, 0.15) is 11.4 Å². The monoisotopic (exact) mass is 456 g/mol. The van der Waals surface area contributed by atoms with E-state index in [1.54, 1.807) is 19.5 Å². The van der Waals surface area contributed by atoms with Gasteiger partial charge in [-0.05, 0) is 54.1 Å². The second kappa shape index (κ2) is 8.79. The van der Waals surface area contributed by atoms with Crippen molar-refractivity contribution in [2.75, 3.05) is 7.11 Å². The van der Waals surface area contributed by atoms with Gasteiger partial charge in [0.25, 0.3) is 0 Å². The highest BCUT2D eigenvalue weighted by molar-refractivity contribution is 5.90. The second-order valence-corrected chi connectivity index (χ2v) is 7.96. The molecular formula is C28H20N6O. The molecule has 6 aromatic rings. The largest absolute Gasteiger partial charge is 0.497 e. The zero-order chi connectivity index (χ0) is 23.6. The highest BCUT2D eigenvalue weighted by atomic mass is 16.5. The Hall–Kier alpha value is -4.91. The van der Waals surface area contributed by atoms with Crippen LogP contribution in [0.4, 0.5) is 0 Å². The van der Waals surface area contributed by atoms with Crippen molar-refractivity contribution >= 4 is 33.8 Å². The first-order valence-corrected chi connectivity index (χ1v) is 11.1. The summed E-state index contributed by atoms with van der Waals surface area (Å²) in [5, 5.41) is 3.22. The predicted molar refractivity (Wildman–Crippen MR) is 137 cm³/mol. The van der Waals surface area contributed by atoms with E-state index >= 15 is 0 Å². The van der Waals surface area contributed by atoms with Crippen molar-refractivity contribution in [2.45, 2.75) is 0 Å². The third-order valence-corrected chi connectivity index (χ3v) is 5.75. The van der Waals surface area contributed by atoms with Crippen LogP contribution in [0.1, 0.15) is 11.3 Å². The summed E-state index contributed by atoms with van der Waals surface area (Å²) in [6.07, 6.45) is 13.3. The van der Waals surface area contributed by atoms with E-state index in [4.69, 9.17) is 14.7 Å². The molecule has 4 heterocycles. The second-order valence-electron chi connectivity index (χ2n) is 7.96. The van der Waals surface area contributed by atoms with E-state index in [9.17, 15) is 0 Å². The lowest BCUT2D eigenvalue weighted by Crippen LogP contribution is -2.01.